The Bertz CT molecular complexity index is 723. The molecule has 0 aliphatic heterocycles. The molecule has 2 amide bonds. The number of pyridine rings is 1. The highest BCUT2D eigenvalue weighted by Gasteiger charge is 2.16. The summed E-state index contributed by atoms with van der Waals surface area (Å²) in [5.41, 5.74) is 1.42. The van der Waals surface area contributed by atoms with Crippen LogP contribution >= 0.6 is 23.2 Å². The molecule has 0 saturated carbocycles. The van der Waals surface area contributed by atoms with Gasteiger partial charge in [0.1, 0.15) is 0 Å². The van der Waals surface area contributed by atoms with Gasteiger partial charge in [0.2, 0.25) is 11.8 Å². The highest BCUT2D eigenvalue weighted by atomic mass is 35.5. The lowest BCUT2D eigenvalue weighted by atomic mass is 10.0. The fraction of sp³-hybridized carbons (Fsp3) is 0.235. The van der Waals surface area contributed by atoms with Crippen LogP contribution in [0, 0.1) is 5.92 Å². The highest BCUT2D eigenvalue weighted by Crippen LogP contribution is 2.23. The summed E-state index contributed by atoms with van der Waals surface area (Å²) in [5, 5.41) is 6.34. The van der Waals surface area contributed by atoms with Crippen LogP contribution in [0.3, 0.4) is 0 Å². The van der Waals surface area contributed by atoms with E-state index in [1.54, 1.807) is 43.5 Å². The highest BCUT2D eigenvalue weighted by molar-refractivity contribution is 6.35. The molecule has 1 aromatic heterocycles. The number of rotatable bonds is 6. The number of amides is 2. The molecule has 126 valence electrons. The minimum absolute atomic E-state index is 0.105. The van der Waals surface area contributed by atoms with Crippen LogP contribution in [0.1, 0.15) is 12.5 Å². The molecule has 1 heterocycles. The van der Waals surface area contributed by atoms with Crippen LogP contribution < -0.4 is 10.6 Å². The van der Waals surface area contributed by atoms with Crippen LogP contribution in [0.25, 0.3) is 0 Å². The molecule has 1 atom stereocenters. The smallest absolute Gasteiger partial charge is 0.243 e. The van der Waals surface area contributed by atoms with Crippen molar-refractivity contribution >= 4 is 40.7 Å². The Morgan fingerprint density at radius 1 is 1.25 bits per heavy atom. The molecule has 5 nitrogen and oxygen atoms in total. The summed E-state index contributed by atoms with van der Waals surface area (Å²) in [6.45, 7) is 1.67. The molecule has 1 aromatic carbocycles. The third-order valence-electron chi connectivity index (χ3n) is 3.36. The van der Waals surface area contributed by atoms with E-state index in [1.807, 2.05) is 0 Å². The van der Waals surface area contributed by atoms with Crippen LogP contribution in [-0.2, 0) is 16.0 Å². The van der Waals surface area contributed by atoms with Crippen LogP contribution in [0.2, 0.25) is 10.0 Å². The Labute approximate surface area is 150 Å². The van der Waals surface area contributed by atoms with Gasteiger partial charge in [-0.05, 0) is 36.2 Å². The van der Waals surface area contributed by atoms with E-state index in [-0.39, 0.29) is 24.3 Å². The van der Waals surface area contributed by atoms with Gasteiger partial charge < -0.3 is 10.6 Å². The third kappa shape index (κ3) is 5.51. The average molecular weight is 366 g/mol. The lowest BCUT2D eigenvalue weighted by Gasteiger charge is -2.13. The molecule has 0 saturated heterocycles. The molecule has 0 aliphatic rings. The van der Waals surface area contributed by atoms with Gasteiger partial charge in [0.05, 0.1) is 18.4 Å². The van der Waals surface area contributed by atoms with Gasteiger partial charge in [-0.15, -0.1) is 0 Å². The first-order valence-corrected chi connectivity index (χ1v) is 8.13. The third-order valence-corrected chi connectivity index (χ3v) is 3.94. The molecule has 0 radical (unpaired) electrons. The van der Waals surface area contributed by atoms with Crippen molar-refractivity contribution in [3.05, 3.63) is 58.3 Å². The van der Waals surface area contributed by atoms with Gasteiger partial charge in [0.25, 0.3) is 0 Å². The lowest BCUT2D eigenvalue weighted by molar-refractivity contribution is -0.126. The van der Waals surface area contributed by atoms with E-state index in [0.29, 0.717) is 22.2 Å². The molecule has 0 spiro atoms. The number of halogens is 2. The number of anilines is 1. The second kappa shape index (κ2) is 8.66. The Hall–Kier alpha value is -2.11. The average Bonchev–Trinajstić information content (AvgIpc) is 2.56. The number of aromatic nitrogens is 1. The summed E-state index contributed by atoms with van der Waals surface area (Å²) in [7, 11) is 0. The van der Waals surface area contributed by atoms with Crippen molar-refractivity contribution in [2.75, 3.05) is 11.9 Å². The van der Waals surface area contributed by atoms with Crippen molar-refractivity contribution in [3.63, 3.8) is 0 Å². The van der Waals surface area contributed by atoms with Crippen LogP contribution in [0.5, 0.6) is 0 Å². The van der Waals surface area contributed by atoms with Crippen molar-refractivity contribution in [1.29, 1.82) is 0 Å². The zero-order valence-electron chi connectivity index (χ0n) is 13.1. The van der Waals surface area contributed by atoms with Crippen molar-refractivity contribution in [3.8, 4) is 0 Å². The van der Waals surface area contributed by atoms with E-state index in [2.05, 4.69) is 15.6 Å². The van der Waals surface area contributed by atoms with Gasteiger partial charge in [0, 0.05) is 22.2 Å². The van der Waals surface area contributed by atoms with E-state index in [1.165, 1.54) is 6.20 Å². The fourth-order valence-corrected chi connectivity index (χ4v) is 2.58. The van der Waals surface area contributed by atoms with Crippen molar-refractivity contribution in [1.82, 2.24) is 10.3 Å². The predicted molar refractivity (Wildman–Crippen MR) is 95.2 cm³/mol. The van der Waals surface area contributed by atoms with Crippen LogP contribution in [-0.4, -0.2) is 23.3 Å². The normalized spacial score (nSPS) is 11.6. The zero-order valence-corrected chi connectivity index (χ0v) is 14.6. The molecule has 1 unspecified atom stereocenters. The quantitative estimate of drug-likeness (QED) is 0.824. The second-order valence-electron chi connectivity index (χ2n) is 5.35. The maximum Gasteiger partial charge on any atom is 0.243 e. The molecular weight excluding hydrogens is 349 g/mol. The predicted octanol–water partition coefficient (Wildman–Crippen LogP) is 3.32. The van der Waals surface area contributed by atoms with Crippen molar-refractivity contribution in [2.24, 2.45) is 5.92 Å². The molecule has 2 aromatic rings. The standard InChI is InChI=1S/C17H17Cl2N3O2/c1-11(7-12-4-5-13(18)8-15(12)19)17(24)21-10-16(23)22-14-3-2-6-20-9-14/h2-6,8-9,11H,7,10H2,1H3,(H,21,24)(H,22,23). The Balaban J connectivity index is 1.82. The zero-order chi connectivity index (χ0) is 17.5. The van der Waals surface area contributed by atoms with Gasteiger partial charge >= 0.3 is 0 Å². The first-order chi connectivity index (χ1) is 11.5. The number of benzene rings is 1. The van der Waals surface area contributed by atoms with E-state index >= 15 is 0 Å². The summed E-state index contributed by atoms with van der Waals surface area (Å²) >= 11 is 12.0. The number of nitrogens with zero attached hydrogens (tertiary/aromatic N) is 1. The summed E-state index contributed by atoms with van der Waals surface area (Å²) in [6.07, 6.45) is 3.61. The molecule has 24 heavy (non-hydrogen) atoms. The van der Waals surface area contributed by atoms with E-state index < -0.39 is 0 Å². The number of hydrogen-bond donors (Lipinski definition) is 2. The maximum atomic E-state index is 12.1. The van der Waals surface area contributed by atoms with Crippen molar-refractivity contribution < 1.29 is 9.59 Å². The number of hydrogen-bond acceptors (Lipinski definition) is 3. The van der Waals surface area contributed by atoms with E-state index in [9.17, 15) is 9.59 Å². The molecule has 0 aliphatic carbocycles. The Morgan fingerprint density at radius 3 is 2.71 bits per heavy atom. The van der Waals surface area contributed by atoms with Gasteiger partial charge in [-0.1, -0.05) is 36.2 Å². The van der Waals surface area contributed by atoms with Gasteiger partial charge in [0.15, 0.2) is 0 Å². The number of nitrogens with one attached hydrogen (secondary N) is 2. The van der Waals surface area contributed by atoms with Crippen LogP contribution in [0.4, 0.5) is 5.69 Å². The number of carbonyl (C=O) groups is 2. The molecule has 2 rings (SSSR count). The summed E-state index contributed by atoms with van der Waals surface area (Å²) in [4.78, 5) is 27.8. The molecule has 7 heteroatoms. The van der Waals surface area contributed by atoms with E-state index in [0.717, 1.165) is 5.56 Å². The first-order valence-electron chi connectivity index (χ1n) is 7.37. The van der Waals surface area contributed by atoms with Gasteiger partial charge in [-0.3, -0.25) is 14.6 Å². The minimum Gasteiger partial charge on any atom is -0.347 e. The molecule has 2 N–H and O–H groups in total. The molecular formula is C17H17Cl2N3O2. The van der Waals surface area contributed by atoms with Crippen LogP contribution in [0.15, 0.2) is 42.7 Å². The van der Waals surface area contributed by atoms with Crippen molar-refractivity contribution in [2.45, 2.75) is 13.3 Å². The summed E-state index contributed by atoms with van der Waals surface area (Å²) in [5.74, 6) is -0.856. The lowest BCUT2D eigenvalue weighted by Crippen LogP contribution is -2.36. The Morgan fingerprint density at radius 2 is 2.04 bits per heavy atom. The van der Waals surface area contributed by atoms with Gasteiger partial charge in [-0.2, -0.15) is 0 Å². The number of carbonyl (C=O) groups excluding carboxylic acids is 2. The largest absolute Gasteiger partial charge is 0.347 e. The second-order valence-corrected chi connectivity index (χ2v) is 6.19. The SMILES string of the molecule is CC(Cc1ccc(Cl)cc1Cl)C(=O)NCC(=O)Nc1cccnc1. The maximum absolute atomic E-state index is 12.1. The monoisotopic (exact) mass is 365 g/mol. The summed E-state index contributed by atoms with van der Waals surface area (Å²) < 4.78 is 0. The summed E-state index contributed by atoms with van der Waals surface area (Å²) in [6, 6.07) is 8.60. The molecule has 0 fully saturated rings. The molecule has 0 bridgehead atoms. The van der Waals surface area contributed by atoms with Gasteiger partial charge in [-0.25, -0.2) is 0 Å². The topological polar surface area (TPSA) is 71.1 Å². The fourth-order valence-electron chi connectivity index (χ4n) is 2.09. The minimum atomic E-state index is -0.324. The van der Waals surface area contributed by atoms with E-state index in [4.69, 9.17) is 23.2 Å². The first kappa shape index (κ1) is 18.2. The Kier molecular flexibility index (Phi) is 6.58.